The van der Waals surface area contributed by atoms with Gasteiger partial charge in [-0.3, -0.25) is 0 Å². The van der Waals surface area contributed by atoms with E-state index in [1.54, 1.807) is 0 Å². The zero-order valence-corrected chi connectivity index (χ0v) is 12.0. The van der Waals surface area contributed by atoms with E-state index in [4.69, 9.17) is 4.74 Å². The molecule has 0 bridgehead atoms. The van der Waals surface area contributed by atoms with E-state index in [1.807, 2.05) is 6.92 Å². The van der Waals surface area contributed by atoms with Crippen molar-refractivity contribution in [3.8, 4) is 0 Å². The molecule has 0 aromatic carbocycles. The van der Waals surface area contributed by atoms with Gasteiger partial charge >= 0.3 is 0 Å². The van der Waals surface area contributed by atoms with Crippen molar-refractivity contribution in [2.24, 2.45) is 5.41 Å². The van der Waals surface area contributed by atoms with E-state index in [0.29, 0.717) is 31.7 Å². The number of hydrogen-bond donors (Lipinski definition) is 3. The Bertz CT molecular complexity index is 233. The van der Waals surface area contributed by atoms with Crippen LogP contribution in [0.4, 0.5) is 0 Å². The molecule has 1 aliphatic carbocycles. The van der Waals surface area contributed by atoms with Crippen LogP contribution in [0.2, 0.25) is 0 Å². The Labute approximate surface area is 111 Å². The molecule has 108 valence electrons. The fourth-order valence-corrected chi connectivity index (χ4v) is 2.35. The van der Waals surface area contributed by atoms with Gasteiger partial charge in [0.15, 0.2) is 0 Å². The van der Waals surface area contributed by atoms with Crippen LogP contribution >= 0.6 is 0 Å². The highest BCUT2D eigenvalue weighted by molar-refractivity contribution is 4.90. The quantitative estimate of drug-likeness (QED) is 0.645. The van der Waals surface area contributed by atoms with E-state index in [1.165, 1.54) is 0 Å². The van der Waals surface area contributed by atoms with Crippen molar-refractivity contribution in [2.45, 2.75) is 58.2 Å². The molecule has 4 heteroatoms. The lowest BCUT2D eigenvalue weighted by Gasteiger charge is -2.40. The van der Waals surface area contributed by atoms with Gasteiger partial charge in [0.25, 0.3) is 0 Å². The summed E-state index contributed by atoms with van der Waals surface area (Å²) in [7, 11) is 0. The lowest BCUT2D eigenvalue weighted by molar-refractivity contribution is -0.0277. The van der Waals surface area contributed by atoms with Gasteiger partial charge < -0.3 is 20.3 Å². The van der Waals surface area contributed by atoms with Gasteiger partial charge in [0.1, 0.15) is 0 Å². The van der Waals surface area contributed by atoms with E-state index in [2.05, 4.69) is 19.2 Å². The number of hydrogen-bond acceptors (Lipinski definition) is 4. The van der Waals surface area contributed by atoms with Gasteiger partial charge in [0, 0.05) is 19.7 Å². The number of nitrogens with one attached hydrogen (secondary N) is 1. The normalized spacial score (nSPS) is 23.8. The molecule has 0 heterocycles. The third-order valence-electron chi connectivity index (χ3n) is 3.88. The maximum Gasteiger partial charge on any atom is 0.0897 e. The fourth-order valence-electron chi connectivity index (χ4n) is 2.35. The highest BCUT2D eigenvalue weighted by atomic mass is 16.5. The monoisotopic (exact) mass is 259 g/mol. The van der Waals surface area contributed by atoms with Gasteiger partial charge in [0.05, 0.1) is 18.3 Å². The summed E-state index contributed by atoms with van der Waals surface area (Å²) >= 11 is 0. The molecule has 0 aromatic rings. The van der Waals surface area contributed by atoms with Crippen molar-refractivity contribution in [2.75, 3.05) is 26.3 Å². The standard InChI is InChI=1S/C14H29NO3/c1-4-18-10-12(16)9-15-11-14(17)7-5-13(2,3)6-8-14/h12,15-17H,4-11H2,1-3H3. The summed E-state index contributed by atoms with van der Waals surface area (Å²) in [5.74, 6) is 0. The fraction of sp³-hybridized carbons (Fsp3) is 1.00. The van der Waals surface area contributed by atoms with Crippen molar-refractivity contribution in [1.29, 1.82) is 0 Å². The molecule has 3 N–H and O–H groups in total. The summed E-state index contributed by atoms with van der Waals surface area (Å²) in [6, 6.07) is 0. The second-order valence-electron chi connectivity index (χ2n) is 6.33. The minimum atomic E-state index is -0.596. The van der Waals surface area contributed by atoms with E-state index in [9.17, 15) is 10.2 Å². The average Bonchev–Trinajstić information content (AvgIpc) is 2.31. The van der Waals surface area contributed by atoms with Crippen LogP contribution in [0.3, 0.4) is 0 Å². The minimum Gasteiger partial charge on any atom is -0.389 e. The van der Waals surface area contributed by atoms with Gasteiger partial charge in [-0.2, -0.15) is 0 Å². The molecule has 0 amide bonds. The van der Waals surface area contributed by atoms with Gasteiger partial charge in [0.2, 0.25) is 0 Å². The van der Waals surface area contributed by atoms with E-state index < -0.39 is 11.7 Å². The first-order valence-corrected chi connectivity index (χ1v) is 7.06. The maximum atomic E-state index is 10.4. The number of aliphatic hydroxyl groups is 2. The number of aliphatic hydroxyl groups excluding tert-OH is 1. The first-order chi connectivity index (χ1) is 8.37. The molecular formula is C14H29NO3. The number of rotatable bonds is 7. The highest BCUT2D eigenvalue weighted by Crippen LogP contribution is 2.39. The summed E-state index contributed by atoms with van der Waals surface area (Å²) in [5, 5.41) is 23.2. The van der Waals surface area contributed by atoms with Gasteiger partial charge in [-0.15, -0.1) is 0 Å². The topological polar surface area (TPSA) is 61.7 Å². The second kappa shape index (κ2) is 6.85. The summed E-state index contributed by atoms with van der Waals surface area (Å²) < 4.78 is 5.14. The summed E-state index contributed by atoms with van der Waals surface area (Å²) in [6.45, 7) is 8.44. The molecule has 1 saturated carbocycles. The summed E-state index contributed by atoms with van der Waals surface area (Å²) in [5.41, 5.74) is -0.235. The molecule has 1 fully saturated rings. The minimum absolute atomic E-state index is 0.356. The van der Waals surface area contributed by atoms with Crippen LogP contribution in [0.1, 0.15) is 46.5 Å². The van der Waals surface area contributed by atoms with E-state index in [-0.39, 0.29) is 0 Å². The second-order valence-corrected chi connectivity index (χ2v) is 6.33. The first kappa shape index (κ1) is 15.9. The Morgan fingerprint density at radius 1 is 1.22 bits per heavy atom. The summed E-state index contributed by atoms with van der Waals surface area (Å²) in [6.07, 6.45) is 3.32. The first-order valence-electron chi connectivity index (χ1n) is 7.06. The molecule has 0 aromatic heterocycles. The summed E-state index contributed by atoms with van der Waals surface area (Å²) in [4.78, 5) is 0. The Balaban J connectivity index is 2.19. The van der Waals surface area contributed by atoms with Crippen molar-refractivity contribution < 1.29 is 14.9 Å². The molecule has 0 radical (unpaired) electrons. The van der Waals surface area contributed by atoms with Crippen LogP contribution in [0.5, 0.6) is 0 Å². The predicted octanol–water partition coefficient (Wildman–Crippen LogP) is 1.30. The van der Waals surface area contributed by atoms with Crippen LogP contribution in [-0.2, 0) is 4.74 Å². The van der Waals surface area contributed by atoms with Crippen molar-refractivity contribution >= 4 is 0 Å². The van der Waals surface area contributed by atoms with Gasteiger partial charge in [-0.25, -0.2) is 0 Å². The van der Waals surface area contributed by atoms with Gasteiger partial charge in [-0.05, 0) is 38.0 Å². The number of ether oxygens (including phenoxy) is 1. The van der Waals surface area contributed by atoms with E-state index in [0.717, 1.165) is 25.7 Å². The molecular weight excluding hydrogens is 230 g/mol. The van der Waals surface area contributed by atoms with Crippen LogP contribution in [0.25, 0.3) is 0 Å². The Morgan fingerprint density at radius 3 is 2.39 bits per heavy atom. The van der Waals surface area contributed by atoms with Crippen LogP contribution in [0.15, 0.2) is 0 Å². The SMILES string of the molecule is CCOCC(O)CNCC1(O)CCC(C)(C)CC1. The molecule has 1 rings (SSSR count). The molecule has 0 saturated heterocycles. The Hall–Kier alpha value is -0.160. The Morgan fingerprint density at radius 2 is 1.83 bits per heavy atom. The van der Waals surface area contributed by atoms with Crippen LogP contribution in [0, 0.1) is 5.41 Å². The van der Waals surface area contributed by atoms with Crippen molar-refractivity contribution in [3.63, 3.8) is 0 Å². The zero-order valence-electron chi connectivity index (χ0n) is 12.0. The maximum absolute atomic E-state index is 10.4. The highest BCUT2D eigenvalue weighted by Gasteiger charge is 2.36. The predicted molar refractivity (Wildman–Crippen MR) is 72.6 cm³/mol. The van der Waals surface area contributed by atoms with Crippen LogP contribution in [-0.4, -0.2) is 48.2 Å². The largest absolute Gasteiger partial charge is 0.389 e. The zero-order chi connectivity index (χ0) is 13.6. The van der Waals surface area contributed by atoms with Crippen LogP contribution < -0.4 is 5.32 Å². The molecule has 0 spiro atoms. The molecule has 1 atom stereocenters. The molecule has 1 unspecified atom stereocenters. The molecule has 18 heavy (non-hydrogen) atoms. The lowest BCUT2D eigenvalue weighted by atomic mass is 9.71. The van der Waals surface area contributed by atoms with Crippen molar-refractivity contribution in [1.82, 2.24) is 5.32 Å². The molecule has 0 aliphatic heterocycles. The smallest absolute Gasteiger partial charge is 0.0897 e. The van der Waals surface area contributed by atoms with Gasteiger partial charge in [-0.1, -0.05) is 13.8 Å². The Kier molecular flexibility index (Phi) is 6.05. The molecule has 4 nitrogen and oxygen atoms in total. The van der Waals surface area contributed by atoms with E-state index >= 15 is 0 Å². The average molecular weight is 259 g/mol. The molecule has 1 aliphatic rings. The van der Waals surface area contributed by atoms with Crippen molar-refractivity contribution in [3.05, 3.63) is 0 Å². The lowest BCUT2D eigenvalue weighted by Crippen LogP contribution is -2.46. The third-order valence-corrected chi connectivity index (χ3v) is 3.88. The third kappa shape index (κ3) is 5.65.